The molecule has 0 radical (unpaired) electrons. The summed E-state index contributed by atoms with van der Waals surface area (Å²) in [6.45, 7) is 5.22. The molecule has 1 aromatic carbocycles. The van der Waals surface area contributed by atoms with Gasteiger partial charge in [0.1, 0.15) is 10.8 Å². The molecule has 0 saturated carbocycles. The molecule has 0 aliphatic rings. The lowest BCUT2D eigenvalue weighted by Gasteiger charge is -2.15. The van der Waals surface area contributed by atoms with E-state index in [-0.39, 0.29) is 43.2 Å². The van der Waals surface area contributed by atoms with Crippen molar-refractivity contribution in [3.63, 3.8) is 0 Å². The maximum Gasteiger partial charge on any atom is 0.226 e. The first-order valence-corrected chi connectivity index (χ1v) is 9.71. The summed E-state index contributed by atoms with van der Waals surface area (Å²) in [6, 6.07) is 7.90. The van der Waals surface area contributed by atoms with Crippen LogP contribution < -0.4 is 15.8 Å². The minimum atomic E-state index is -0.0184. The number of benzene rings is 1. The molecule has 3 N–H and O–H groups in total. The van der Waals surface area contributed by atoms with Crippen molar-refractivity contribution in [2.45, 2.75) is 45.6 Å². The van der Waals surface area contributed by atoms with Crippen molar-refractivity contribution in [1.29, 1.82) is 0 Å². The van der Waals surface area contributed by atoms with Crippen molar-refractivity contribution in [3.8, 4) is 16.3 Å². The molecule has 0 aliphatic carbocycles. The van der Waals surface area contributed by atoms with Crippen molar-refractivity contribution in [2.75, 3.05) is 13.2 Å². The monoisotopic (exact) mass is 433 g/mol. The number of hydrogen-bond acceptors (Lipinski definition) is 5. The van der Waals surface area contributed by atoms with Crippen LogP contribution in [0.1, 0.15) is 38.8 Å². The van der Waals surface area contributed by atoms with E-state index in [0.717, 1.165) is 41.3 Å². The molecule has 0 saturated heterocycles. The number of hydrogen-bond donors (Lipinski definition) is 2. The minimum absolute atomic E-state index is 0. The second-order valence-corrected chi connectivity index (χ2v) is 6.78. The Labute approximate surface area is 177 Å². The van der Waals surface area contributed by atoms with Gasteiger partial charge in [0, 0.05) is 23.5 Å². The van der Waals surface area contributed by atoms with Gasteiger partial charge in [-0.3, -0.25) is 4.79 Å². The van der Waals surface area contributed by atoms with Crippen LogP contribution in [0.25, 0.3) is 10.6 Å². The minimum Gasteiger partial charge on any atom is -0.494 e. The summed E-state index contributed by atoms with van der Waals surface area (Å²) in [5, 5.41) is 5.85. The quantitative estimate of drug-likeness (QED) is 0.587. The SMILES string of the molecule is CCCCC(CN)NC(=O)Cc1csc(-c2ccc(OCC)cc2)n1.Cl.Cl. The van der Waals surface area contributed by atoms with Crippen LogP contribution in [0.4, 0.5) is 0 Å². The largest absolute Gasteiger partial charge is 0.494 e. The van der Waals surface area contributed by atoms with Crippen molar-refractivity contribution in [2.24, 2.45) is 5.73 Å². The summed E-state index contributed by atoms with van der Waals surface area (Å²) >= 11 is 1.55. The summed E-state index contributed by atoms with van der Waals surface area (Å²) in [4.78, 5) is 16.8. The van der Waals surface area contributed by atoms with E-state index in [1.165, 1.54) is 0 Å². The van der Waals surface area contributed by atoms with Gasteiger partial charge < -0.3 is 15.8 Å². The third-order valence-corrected chi connectivity index (χ3v) is 4.80. The van der Waals surface area contributed by atoms with Gasteiger partial charge in [0.15, 0.2) is 0 Å². The number of unbranched alkanes of at least 4 members (excludes halogenated alkanes) is 1. The zero-order valence-corrected chi connectivity index (χ0v) is 18.2. The average molecular weight is 434 g/mol. The highest BCUT2D eigenvalue weighted by molar-refractivity contribution is 7.13. The number of nitrogens with two attached hydrogens (primary N) is 1. The lowest BCUT2D eigenvalue weighted by atomic mass is 10.1. The number of ether oxygens (including phenoxy) is 1. The fourth-order valence-corrected chi connectivity index (χ4v) is 3.35. The van der Waals surface area contributed by atoms with Crippen LogP contribution in [-0.4, -0.2) is 30.1 Å². The Morgan fingerprint density at radius 1 is 1.26 bits per heavy atom. The number of halogens is 2. The Balaban J connectivity index is 0.00000338. The van der Waals surface area contributed by atoms with E-state index in [4.69, 9.17) is 10.5 Å². The van der Waals surface area contributed by atoms with Gasteiger partial charge in [-0.2, -0.15) is 0 Å². The number of carbonyl (C=O) groups is 1. The van der Waals surface area contributed by atoms with Crippen LogP contribution in [0.5, 0.6) is 5.75 Å². The van der Waals surface area contributed by atoms with Gasteiger partial charge >= 0.3 is 0 Å². The maximum atomic E-state index is 12.2. The molecule has 5 nitrogen and oxygen atoms in total. The van der Waals surface area contributed by atoms with Gasteiger partial charge in [0.25, 0.3) is 0 Å². The fourth-order valence-electron chi connectivity index (χ4n) is 2.52. The highest BCUT2D eigenvalue weighted by Gasteiger charge is 2.13. The summed E-state index contributed by atoms with van der Waals surface area (Å²) < 4.78 is 5.45. The molecule has 2 aromatic rings. The Kier molecular flexibility index (Phi) is 13.1. The number of carbonyl (C=O) groups excluding carboxylic acids is 1. The van der Waals surface area contributed by atoms with Gasteiger partial charge in [-0.15, -0.1) is 36.2 Å². The normalized spacial score (nSPS) is 11.1. The molecule has 0 fully saturated rings. The zero-order chi connectivity index (χ0) is 18.1. The van der Waals surface area contributed by atoms with Gasteiger partial charge in [0.2, 0.25) is 5.91 Å². The van der Waals surface area contributed by atoms with E-state index in [1.807, 2.05) is 36.6 Å². The van der Waals surface area contributed by atoms with Gasteiger partial charge in [-0.25, -0.2) is 4.98 Å². The van der Waals surface area contributed by atoms with E-state index in [9.17, 15) is 4.79 Å². The molecule has 0 bridgehead atoms. The highest BCUT2D eigenvalue weighted by Crippen LogP contribution is 2.26. The van der Waals surface area contributed by atoms with Gasteiger partial charge in [0.05, 0.1) is 18.7 Å². The van der Waals surface area contributed by atoms with Crippen molar-refractivity contribution in [1.82, 2.24) is 10.3 Å². The molecule has 2 rings (SSSR count). The first kappa shape index (κ1) is 25.7. The molecule has 0 aliphatic heterocycles. The first-order valence-electron chi connectivity index (χ1n) is 8.83. The van der Waals surface area contributed by atoms with Crippen LogP contribution in [0.3, 0.4) is 0 Å². The smallest absolute Gasteiger partial charge is 0.226 e. The molecule has 152 valence electrons. The third-order valence-electron chi connectivity index (χ3n) is 3.86. The van der Waals surface area contributed by atoms with Crippen molar-refractivity contribution in [3.05, 3.63) is 35.3 Å². The van der Waals surface area contributed by atoms with Crippen LogP contribution in [0.15, 0.2) is 29.6 Å². The Bertz CT molecular complexity index is 665. The van der Waals surface area contributed by atoms with E-state index < -0.39 is 0 Å². The summed E-state index contributed by atoms with van der Waals surface area (Å²) in [7, 11) is 0. The summed E-state index contributed by atoms with van der Waals surface area (Å²) in [5.74, 6) is 0.831. The van der Waals surface area contributed by atoms with E-state index in [1.54, 1.807) is 11.3 Å². The Hall–Kier alpha value is -1.34. The number of rotatable bonds is 10. The van der Waals surface area contributed by atoms with E-state index in [0.29, 0.717) is 13.2 Å². The first-order chi connectivity index (χ1) is 12.2. The summed E-state index contributed by atoms with van der Waals surface area (Å²) in [6.07, 6.45) is 3.38. The average Bonchev–Trinajstić information content (AvgIpc) is 3.07. The molecular weight excluding hydrogens is 405 g/mol. The van der Waals surface area contributed by atoms with Crippen LogP contribution in [0, 0.1) is 0 Å². The second kappa shape index (κ2) is 13.8. The Morgan fingerprint density at radius 2 is 1.96 bits per heavy atom. The number of aromatic nitrogens is 1. The van der Waals surface area contributed by atoms with Crippen LogP contribution in [-0.2, 0) is 11.2 Å². The molecule has 8 heteroatoms. The maximum absolute atomic E-state index is 12.2. The topological polar surface area (TPSA) is 77.2 Å². The van der Waals surface area contributed by atoms with Gasteiger partial charge in [-0.05, 0) is 37.6 Å². The molecule has 1 aromatic heterocycles. The molecular formula is C19H29Cl2N3O2S. The molecule has 0 spiro atoms. The number of nitrogens with one attached hydrogen (secondary N) is 1. The zero-order valence-electron chi connectivity index (χ0n) is 15.8. The standard InChI is InChI=1S/C19H27N3O2S.2ClH/c1-3-5-6-15(12-20)21-18(23)11-16-13-25-19(22-16)14-7-9-17(10-8-14)24-4-2;;/h7-10,13,15H,3-6,11-12,20H2,1-2H3,(H,21,23);2*1H. The predicted octanol–water partition coefficient (Wildman–Crippen LogP) is 4.23. The number of nitrogens with zero attached hydrogens (tertiary/aromatic N) is 1. The van der Waals surface area contributed by atoms with Crippen LogP contribution >= 0.6 is 36.2 Å². The molecule has 27 heavy (non-hydrogen) atoms. The predicted molar refractivity (Wildman–Crippen MR) is 117 cm³/mol. The lowest BCUT2D eigenvalue weighted by molar-refractivity contribution is -0.121. The third kappa shape index (κ3) is 8.47. The van der Waals surface area contributed by atoms with Gasteiger partial charge in [-0.1, -0.05) is 19.8 Å². The number of amides is 1. The van der Waals surface area contributed by atoms with E-state index in [2.05, 4.69) is 17.2 Å². The van der Waals surface area contributed by atoms with Crippen molar-refractivity contribution < 1.29 is 9.53 Å². The molecule has 1 atom stereocenters. The highest BCUT2D eigenvalue weighted by atomic mass is 35.5. The lowest BCUT2D eigenvalue weighted by Crippen LogP contribution is -2.40. The molecule has 1 amide bonds. The summed E-state index contributed by atoms with van der Waals surface area (Å²) in [5.41, 5.74) is 7.55. The number of thiazole rings is 1. The second-order valence-electron chi connectivity index (χ2n) is 5.92. The van der Waals surface area contributed by atoms with E-state index >= 15 is 0 Å². The van der Waals surface area contributed by atoms with Crippen molar-refractivity contribution >= 4 is 42.1 Å². The van der Waals surface area contributed by atoms with Crippen LogP contribution in [0.2, 0.25) is 0 Å². The fraction of sp³-hybridized carbons (Fsp3) is 0.474. The molecule has 1 unspecified atom stereocenters. The molecule has 1 heterocycles. The Morgan fingerprint density at radius 3 is 2.56 bits per heavy atom.